The molecule has 1 aromatic heterocycles. The fourth-order valence-electron chi connectivity index (χ4n) is 3.20. The van der Waals surface area contributed by atoms with Crippen LogP contribution in [0.15, 0.2) is 47.6 Å². The van der Waals surface area contributed by atoms with Gasteiger partial charge in [0.05, 0.1) is 13.3 Å². The van der Waals surface area contributed by atoms with Gasteiger partial charge in [-0.1, -0.05) is 29.8 Å². The molecule has 7 nitrogen and oxygen atoms in total. The van der Waals surface area contributed by atoms with Gasteiger partial charge in [-0.05, 0) is 37.0 Å². The van der Waals surface area contributed by atoms with Crippen molar-refractivity contribution in [1.29, 1.82) is 0 Å². The van der Waals surface area contributed by atoms with Crippen molar-refractivity contribution < 1.29 is 17.9 Å². The number of amides is 2. The fraction of sp³-hybridized carbons (Fsp3) is 0.333. The van der Waals surface area contributed by atoms with E-state index in [2.05, 4.69) is 9.71 Å². The fourth-order valence-corrected chi connectivity index (χ4v) is 4.49. The molecule has 9 heteroatoms. The first-order valence-corrected chi connectivity index (χ1v) is 10.3. The van der Waals surface area contributed by atoms with Crippen LogP contribution in [0.5, 0.6) is 5.75 Å². The van der Waals surface area contributed by atoms with Crippen LogP contribution in [0.25, 0.3) is 0 Å². The molecule has 1 saturated heterocycles. The molecule has 1 atom stereocenters. The lowest BCUT2D eigenvalue weighted by Crippen LogP contribution is -2.45. The zero-order valence-corrected chi connectivity index (χ0v) is 16.3. The van der Waals surface area contributed by atoms with Crippen LogP contribution in [0.2, 0.25) is 5.02 Å². The van der Waals surface area contributed by atoms with E-state index in [1.807, 2.05) is 18.2 Å². The standard InChI is InChI=1S/C18H20ClN3O4S/c1-26-16-8-9-20-12-17(16)27(24,25)21-18(23)22-10-4-6-14(22)11-13-5-2-3-7-15(13)19/h2-3,5,7-9,12,14H,4,6,10-11H2,1H3,(H,21,23). The SMILES string of the molecule is COc1ccncc1S(=O)(=O)NC(=O)N1CCCC1Cc1ccccc1Cl. The molecular weight excluding hydrogens is 390 g/mol. The summed E-state index contributed by atoms with van der Waals surface area (Å²) in [7, 11) is -2.74. The molecule has 2 heterocycles. The third kappa shape index (κ3) is 4.33. The minimum Gasteiger partial charge on any atom is -0.495 e. The lowest BCUT2D eigenvalue weighted by atomic mass is 10.0. The van der Waals surface area contributed by atoms with Crippen LogP contribution in [-0.2, 0) is 16.4 Å². The van der Waals surface area contributed by atoms with Crippen LogP contribution < -0.4 is 9.46 Å². The number of hydrogen-bond acceptors (Lipinski definition) is 5. The van der Waals surface area contributed by atoms with E-state index >= 15 is 0 Å². The minimum absolute atomic E-state index is 0.115. The third-order valence-electron chi connectivity index (χ3n) is 4.53. The quantitative estimate of drug-likeness (QED) is 0.820. The highest BCUT2D eigenvalue weighted by molar-refractivity contribution is 7.90. The van der Waals surface area contributed by atoms with Crippen LogP contribution in [0.4, 0.5) is 4.79 Å². The van der Waals surface area contributed by atoms with E-state index in [0.717, 1.165) is 24.6 Å². The predicted molar refractivity (Wildman–Crippen MR) is 101 cm³/mol. The van der Waals surface area contributed by atoms with Gasteiger partial charge >= 0.3 is 6.03 Å². The molecule has 1 aromatic carbocycles. The van der Waals surface area contributed by atoms with Gasteiger partial charge in [-0.15, -0.1) is 0 Å². The predicted octanol–water partition coefficient (Wildman–Crippen LogP) is 2.85. The molecule has 2 aromatic rings. The summed E-state index contributed by atoms with van der Waals surface area (Å²) in [5, 5.41) is 0.637. The lowest BCUT2D eigenvalue weighted by molar-refractivity contribution is 0.198. The number of aromatic nitrogens is 1. The van der Waals surface area contributed by atoms with Crippen molar-refractivity contribution >= 4 is 27.7 Å². The number of benzene rings is 1. The molecule has 1 unspecified atom stereocenters. The average molecular weight is 410 g/mol. The second kappa shape index (κ2) is 8.14. The van der Waals surface area contributed by atoms with Gasteiger partial charge in [0.25, 0.3) is 10.0 Å². The Kier molecular flexibility index (Phi) is 5.86. The normalized spacial score (nSPS) is 17.0. The van der Waals surface area contributed by atoms with Gasteiger partial charge in [-0.2, -0.15) is 0 Å². The number of nitrogens with one attached hydrogen (secondary N) is 1. The molecular formula is C18H20ClN3O4S. The van der Waals surface area contributed by atoms with Crippen molar-refractivity contribution in [2.45, 2.75) is 30.2 Å². The van der Waals surface area contributed by atoms with Crippen LogP contribution >= 0.6 is 11.6 Å². The first-order chi connectivity index (χ1) is 12.9. The molecule has 0 spiro atoms. The molecule has 0 aliphatic carbocycles. The first-order valence-electron chi connectivity index (χ1n) is 8.47. The van der Waals surface area contributed by atoms with E-state index in [-0.39, 0.29) is 16.7 Å². The number of sulfonamides is 1. The molecule has 3 rings (SSSR count). The maximum absolute atomic E-state index is 12.7. The Balaban J connectivity index is 1.75. The monoisotopic (exact) mass is 409 g/mol. The van der Waals surface area contributed by atoms with Crippen LogP contribution in [0, 0.1) is 0 Å². The topological polar surface area (TPSA) is 88.6 Å². The zero-order chi connectivity index (χ0) is 19.4. The molecule has 0 radical (unpaired) electrons. The van der Waals surface area contributed by atoms with E-state index in [9.17, 15) is 13.2 Å². The van der Waals surface area contributed by atoms with E-state index in [4.69, 9.17) is 16.3 Å². The number of ether oxygens (including phenoxy) is 1. The van der Waals surface area contributed by atoms with Gasteiger partial charge in [0.2, 0.25) is 0 Å². The number of pyridine rings is 1. The first kappa shape index (κ1) is 19.4. The Morgan fingerprint density at radius 2 is 2.15 bits per heavy atom. The number of urea groups is 1. The number of carbonyl (C=O) groups excluding carboxylic acids is 1. The van der Waals surface area contributed by atoms with E-state index in [0.29, 0.717) is 18.0 Å². The molecule has 1 fully saturated rings. The Morgan fingerprint density at radius 3 is 2.89 bits per heavy atom. The number of likely N-dealkylation sites (tertiary alicyclic amines) is 1. The number of nitrogens with zero attached hydrogens (tertiary/aromatic N) is 2. The summed E-state index contributed by atoms with van der Waals surface area (Å²) < 4.78 is 32.4. The van der Waals surface area contributed by atoms with Gasteiger partial charge in [-0.3, -0.25) is 4.98 Å². The summed E-state index contributed by atoms with van der Waals surface area (Å²) in [5.74, 6) is 0.124. The van der Waals surface area contributed by atoms with Crippen molar-refractivity contribution in [1.82, 2.24) is 14.6 Å². The van der Waals surface area contributed by atoms with E-state index < -0.39 is 16.1 Å². The maximum Gasteiger partial charge on any atom is 0.331 e. The highest BCUT2D eigenvalue weighted by atomic mass is 35.5. The molecule has 0 bridgehead atoms. The number of methoxy groups -OCH3 is 1. The van der Waals surface area contributed by atoms with Gasteiger partial charge < -0.3 is 9.64 Å². The average Bonchev–Trinajstić information content (AvgIpc) is 3.11. The number of halogens is 1. The summed E-state index contributed by atoms with van der Waals surface area (Å²) in [6.45, 7) is 0.487. The zero-order valence-electron chi connectivity index (χ0n) is 14.8. The minimum atomic E-state index is -4.10. The summed E-state index contributed by atoms with van der Waals surface area (Å²) in [6, 6.07) is 8.10. The van der Waals surface area contributed by atoms with Gasteiger partial charge in [0, 0.05) is 23.8 Å². The second-order valence-corrected chi connectivity index (χ2v) is 8.28. The third-order valence-corrected chi connectivity index (χ3v) is 6.23. The molecule has 144 valence electrons. The molecule has 1 aliphatic rings. The molecule has 0 saturated carbocycles. The van der Waals surface area contributed by atoms with E-state index in [1.54, 1.807) is 11.0 Å². The van der Waals surface area contributed by atoms with Crippen molar-refractivity contribution in [3.8, 4) is 5.75 Å². The molecule has 1 aliphatic heterocycles. The van der Waals surface area contributed by atoms with Crippen LogP contribution in [-0.4, -0.2) is 44.0 Å². The summed E-state index contributed by atoms with van der Waals surface area (Å²) in [5.41, 5.74) is 0.931. The largest absolute Gasteiger partial charge is 0.495 e. The maximum atomic E-state index is 12.7. The van der Waals surface area contributed by atoms with Crippen molar-refractivity contribution in [3.05, 3.63) is 53.3 Å². The van der Waals surface area contributed by atoms with Gasteiger partial charge in [0.1, 0.15) is 10.6 Å². The van der Waals surface area contributed by atoms with Crippen molar-refractivity contribution in [2.75, 3.05) is 13.7 Å². The van der Waals surface area contributed by atoms with Crippen molar-refractivity contribution in [2.24, 2.45) is 0 Å². The lowest BCUT2D eigenvalue weighted by Gasteiger charge is -2.25. The smallest absolute Gasteiger partial charge is 0.331 e. The van der Waals surface area contributed by atoms with Gasteiger partial charge in [-0.25, -0.2) is 17.9 Å². The second-order valence-electron chi connectivity index (χ2n) is 6.22. The Bertz CT molecular complexity index is 936. The summed E-state index contributed by atoms with van der Waals surface area (Å²) in [4.78, 5) is 17.8. The van der Waals surface area contributed by atoms with Crippen LogP contribution in [0.1, 0.15) is 18.4 Å². The highest BCUT2D eigenvalue weighted by Crippen LogP contribution is 2.26. The summed E-state index contributed by atoms with van der Waals surface area (Å²) in [6.07, 6.45) is 4.73. The highest BCUT2D eigenvalue weighted by Gasteiger charge is 2.32. The Morgan fingerprint density at radius 1 is 1.37 bits per heavy atom. The number of carbonyl (C=O) groups is 1. The van der Waals surface area contributed by atoms with E-state index in [1.165, 1.54) is 19.4 Å². The van der Waals surface area contributed by atoms with Crippen molar-refractivity contribution in [3.63, 3.8) is 0 Å². The Hall–Kier alpha value is -2.32. The Labute approximate surface area is 163 Å². The summed E-state index contributed by atoms with van der Waals surface area (Å²) >= 11 is 6.21. The number of hydrogen-bond donors (Lipinski definition) is 1. The molecule has 2 amide bonds. The molecule has 27 heavy (non-hydrogen) atoms. The van der Waals surface area contributed by atoms with Crippen LogP contribution in [0.3, 0.4) is 0 Å². The number of rotatable bonds is 5. The molecule has 1 N–H and O–H groups in total. The van der Waals surface area contributed by atoms with Gasteiger partial charge in [0.15, 0.2) is 0 Å².